The average Bonchev–Trinajstić information content (AvgIpc) is 3.01. The molecule has 0 bridgehead atoms. The van der Waals surface area contributed by atoms with E-state index in [1.807, 2.05) is 72.8 Å². The molecule has 0 amide bonds. The lowest BCUT2D eigenvalue weighted by Crippen LogP contribution is -1.96. The first-order chi connectivity index (χ1) is 19.6. The molecule has 206 valence electrons. The van der Waals surface area contributed by atoms with E-state index in [0.29, 0.717) is 34.5 Å². The quantitative estimate of drug-likeness (QED) is 0.212. The van der Waals surface area contributed by atoms with Gasteiger partial charge >= 0.3 is 0 Å². The molecular formula is C32H32N2O6. The van der Waals surface area contributed by atoms with Crippen LogP contribution in [0.5, 0.6) is 34.5 Å². The molecule has 0 saturated carbocycles. The number of hydrogen-bond acceptors (Lipinski definition) is 8. The predicted octanol–water partition coefficient (Wildman–Crippen LogP) is 6.54. The lowest BCUT2D eigenvalue weighted by atomic mass is 10.1. The highest BCUT2D eigenvalue weighted by Crippen LogP contribution is 2.41. The summed E-state index contributed by atoms with van der Waals surface area (Å²) in [6, 6.07) is 15.4. The minimum atomic E-state index is 0.544. The molecule has 40 heavy (non-hydrogen) atoms. The van der Waals surface area contributed by atoms with E-state index < -0.39 is 0 Å². The van der Waals surface area contributed by atoms with Gasteiger partial charge in [-0.1, -0.05) is 24.3 Å². The zero-order valence-corrected chi connectivity index (χ0v) is 23.4. The Kier molecular flexibility index (Phi) is 9.25. The summed E-state index contributed by atoms with van der Waals surface area (Å²) in [5, 5.41) is 0. The fraction of sp³-hybridized carbons (Fsp3) is 0.188. The second kappa shape index (κ2) is 13.2. The first-order valence-corrected chi connectivity index (χ1v) is 12.4. The minimum Gasteiger partial charge on any atom is -0.493 e. The van der Waals surface area contributed by atoms with Crippen LogP contribution in [0.4, 0.5) is 0 Å². The molecule has 2 heterocycles. The molecule has 2 aromatic carbocycles. The van der Waals surface area contributed by atoms with Gasteiger partial charge in [-0.15, -0.1) is 0 Å². The Hall–Kier alpha value is -4.98. The van der Waals surface area contributed by atoms with Crippen molar-refractivity contribution in [2.24, 2.45) is 0 Å². The van der Waals surface area contributed by atoms with E-state index >= 15 is 0 Å². The summed E-state index contributed by atoms with van der Waals surface area (Å²) in [6.07, 6.45) is 11.4. The number of rotatable bonds is 11. The number of aromatic nitrogens is 2. The Bertz CT molecular complexity index is 1420. The van der Waals surface area contributed by atoms with Crippen LogP contribution < -0.4 is 28.4 Å². The highest BCUT2D eigenvalue weighted by molar-refractivity contribution is 5.78. The van der Waals surface area contributed by atoms with Crippen LogP contribution in [0.3, 0.4) is 0 Å². The van der Waals surface area contributed by atoms with Gasteiger partial charge in [-0.2, -0.15) is 0 Å². The van der Waals surface area contributed by atoms with E-state index in [4.69, 9.17) is 28.4 Å². The molecule has 0 aliphatic heterocycles. The molecule has 0 radical (unpaired) electrons. The molecule has 0 unspecified atom stereocenters. The number of methoxy groups -OCH3 is 6. The van der Waals surface area contributed by atoms with E-state index in [1.165, 1.54) is 0 Å². The lowest BCUT2D eigenvalue weighted by Gasteiger charge is -2.14. The van der Waals surface area contributed by atoms with Crippen LogP contribution in [-0.4, -0.2) is 52.6 Å². The van der Waals surface area contributed by atoms with Gasteiger partial charge in [-0.25, -0.2) is 0 Å². The zero-order valence-electron chi connectivity index (χ0n) is 23.4. The van der Waals surface area contributed by atoms with Crippen LogP contribution in [0.1, 0.15) is 22.3 Å². The molecule has 0 aliphatic rings. The first-order valence-electron chi connectivity index (χ1n) is 12.4. The third-order valence-corrected chi connectivity index (χ3v) is 6.21. The van der Waals surface area contributed by atoms with Gasteiger partial charge in [-0.3, -0.25) is 9.97 Å². The van der Waals surface area contributed by atoms with Crippen LogP contribution in [0.25, 0.3) is 35.7 Å². The number of benzene rings is 2. The molecule has 2 aromatic heterocycles. The predicted molar refractivity (Wildman–Crippen MR) is 158 cm³/mol. The van der Waals surface area contributed by atoms with E-state index in [-0.39, 0.29) is 0 Å². The van der Waals surface area contributed by atoms with Crippen molar-refractivity contribution in [2.75, 3.05) is 42.7 Å². The molecule has 0 spiro atoms. The van der Waals surface area contributed by atoms with E-state index in [1.54, 1.807) is 55.1 Å². The largest absolute Gasteiger partial charge is 0.493 e. The second-order valence-corrected chi connectivity index (χ2v) is 8.46. The summed E-state index contributed by atoms with van der Waals surface area (Å²) in [5.41, 5.74) is 5.13. The summed E-state index contributed by atoms with van der Waals surface area (Å²) in [7, 11) is 9.57. The fourth-order valence-electron chi connectivity index (χ4n) is 4.26. The molecule has 0 fully saturated rings. The molecule has 0 N–H and O–H groups in total. The summed E-state index contributed by atoms with van der Waals surface area (Å²) in [4.78, 5) is 9.09. The summed E-state index contributed by atoms with van der Waals surface area (Å²) < 4.78 is 32.9. The maximum atomic E-state index is 5.59. The van der Waals surface area contributed by atoms with Crippen LogP contribution in [0.15, 0.2) is 60.9 Å². The van der Waals surface area contributed by atoms with E-state index in [2.05, 4.69) is 9.97 Å². The third kappa shape index (κ3) is 6.02. The smallest absolute Gasteiger partial charge is 0.203 e. The van der Waals surface area contributed by atoms with Crippen LogP contribution in [-0.2, 0) is 0 Å². The molecular weight excluding hydrogens is 508 g/mol. The van der Waals surface area contributed by atoms with Gasteiger partial charge < -0.3 is 28.4 Å². The van der Waals surface area contributed by atoms with Crippen LogP contribution in [0, 0.1) is 0 Å². The molecule has 4 aromatic rings. The van der Waals surface area contributed by atoms with Crippen molar-refractivity contribution in [1.29, 1.82) is 0 Å². The van der Waals surface area contributed by atoms with E-state index in [0.717, 1.165) is 33.6 Å². The van der Waals surface area contributed by atoms with Crippen molar-refractivity contribution in [3.8, 4) is 45.9 Å². The number of ether oxygens (including phenoxy) is 6. The Labute approximate surface area is 234 Å². The molecule has 8 heteroatoms. The van der Waals surface area contributed by atoms with Crippen molar-refractivity contribution < 1.29 is 28.4 Å². The number of hydrogen-bond donors (Lipinski definition) is 0. The Morgan fingerprint density at radius 3 is 1.20 bits per heavy atom. The van der Waals surface area contributed by atoms with Gasteiger partial charge in [0.05, 0.1) is 54.0 Å². The van der Waals surface area contributed by atoms with Crippen molar-refractivity contribution in [3.05, 3.63) is 83.2 Å². The van der Waals surface area contributed by atoms with Gasteiger partial charge in [0.15, 0.2) is 23.0 Å². The Morgan fingerprint density at radius 2 is 0.850 bits per heavy atom. The topological polar surface area (TPSA) is 81.2 Å². The summed E-state index contributed by atoms with van der Waals surface area (Å²) in [6.45, 7) is 0. The van der Waals surface area contributed by atoms with Crippen LogP contribution in [0.2, 0.25) is 0 Å². The van der Waals surface area contributed by atoms with Crippen molar-refractivity contribution in [2.45, 2.75) is 0 Å². The SMILES string of the molecule is COc1ccc(/C=C/c2ccnc(-c3cc(/C=C/c4ccc(OC)c(OC)c4OC)ccn3)c2)c(OC)c1OC. The summed E-state index contributed by atoms with van der Waals surface area (Å²) in [5.74, 6) is 3.49. The maximum absolute atomic E-state index is 5.59. The van der Waals surface area contributed by atoms with Gasteiger partial charge in [0.2, 0.25) is 11.5 Å². The summed E-state index contributed by atoms with van der Waals surface area (Å²) >= 11 is 0. The Morgan fingerprint density at radius 1 is 0.450 bits per heavy atom. The van der Waals surface area contributed by atoms with Gasteiger partial charge in [0.1, 0.15) is 0 Å². The lowest BCUT2D eigenvalue weighted by molar-refractivity contribution is 0.324. The highest BCUT2D eigenvalue weighted by atomic mass is 16.5. The van der Waals surface area contributed by atoms with E-state index in [9.17, 15) is 0 Å². The van der Waals surface area contributed by atoms with Gasteiger partial charge in [0.25, 0.3) is 0 Å². The molecule has 0 saturated heterocycles. The molecule has 0 aliphatic carbocycles. The number of pyridine rings is 2. The van der Waals surface area contributed by atoms with Crippen molar-refractivity contribution >= 4 is 24.3 Å². The zero-order chi connectivity index (χ0) is 28.5. The molecule has 0 atom stereocenters. The molecule has 4 rings (SSSR count). The fourth-order valence-corrected chi connectivity index (χ4v) is 4.26. The monoisotopic (exact) mass is 540 g/mol. The number of nitrogens with zero attached hydrogens (tertiary/aromatic N) is 2. The van der Waals surface area contributed by atoms with Crippen LogP contribution >= 0.6 is 0 Å². The highest BCUT2D eigenvalue weighted by Gasteiger charge is 2.15. The average molecular weight is 541 g/mol. The third-order valence-electron chi connectivity index (χ3n) is 6.21. The first kappa shape index (κ1) is 28.0. The van der Waals surface area contributed by atoms with Gasteiger partial charge in [-0.05, 0) is 59.7 Å². The normalized spacial score (nSPS) is 11.1. The minimum absolute atomic E-state index is 0.544. The molecule has 8 nitrogen and oxygen atoms in total. The van der Waals surface area contributed by atoms with Crippen molar-refractivity contribution in [1.82, 2.24) is 9.97 Å². The van der Waals surface area contributed by atoms with Gasteiger partial charge in [0, 0.05) is 23.5 Å². The van der Waals surface area contributed by atoms with Crippen molar-refractivity contribution in [3.63, 3.8) is 0 Å². The standard InChI is InChI=1S/C32H32N2O6/c1-35-27-13-11-23(29(37-3)31(27)39-5)9-7-21-15-17-33-25(19-21)26-20-22(16-18-34-26)8-10-24-12-14-28(36-2)32(40-6)30(24)38-4/h7-20H,1-6H3/b9-7+,10-8+. The Balaban J connectivity index is 1.60. The second-order valence-electron chi connectivity index (χ2n) is 8.46. The maximum Gasteiger partial charge on any atom is 0.203 e.